The van der Waals surface area contributed by atoms with Crippen LogP contribution in [0.5, 0.6) is 5.75 Å². The predicted molar refractivity (Wildman–Crippen MR) is 81.5 cm³/mol. The second-order valence-corrected chi connectivity index (χ2v) is 5.36. The van der Waals surface area contributed by atoms with Crippen LogP contribution in [0.3, 0.4) is 0 Å². The van der Waals surface area contributed by atoms with Crippen LogP contribution in [0, 0.1) is 0 Å². The van der Waals surface area contributed by atoms with Crippen molar-refractivity contribution < 1.29 is 9.90 Å². The van der Waals surface area contributed by atoms with E-state index in [1.165, 1.54) is 0 Å². The molecule has 0 saturated heterocycles. The molecular formula is C16H26N2O2. The number of hydrogen-bond donors (Lipinski definition) is 3. The highest BCUT2D eigenvalue weighted by molar-refractivity contribution is 5.81. The van der Waals surface area contributed by atoms with Crippen LogP contribution < -0.4 is 11.1 Å². The van der Waals surface area contributed by atoms with Gasteiger partial charge in [-0.3, -0.25) is 4.79 Å². The summed E-state index contributed by atoms with van der Waals surface area (Å²) in [5.74, 6) is 0.216. The number of unbranched alkanes of at least 4 members (excludes halogenated alkanes) is 1. The number of aromatic hydroxyl groups is 1. The number of hydrogen-bond acceptors (Lipinski definition) is 3. The summed E-state index contributed by atoms with van der Waals surface area (Å²) in [5, 5.41) is 12.2. The highest BCUT2D eigenvalue weighted by atomic mass is 16.3. The Labute approximate surface area is 121 Å². The quantitative estimate of drug-likeness (QED) is 0.683. The molecule has 0 saturated carbocycles. The third kappa shape index (κ3) is 6.06. The van der Waals surface area contributed by atoms with E-state index in [1.807, 2.05) is 19.1 Å². The van der Waals surface area contributed by atoms with E-state index >= 15 is 0 Å². The van der Waals surface area contributed by atoms with E-state index in [4.69, 9.17) is 5.73 Å². The molecule has 0 fully saturated rings. The summed E-state index contributed by atoms with van der Waals surface area (Å²) in [5.41, 5.74) is 6.99. The van der Waals surface area contributed by atoms with Gasteiger partial charge in [0.25, 0.3) is 0 Å². The molecule has 4 N–H and O–H groups in total. The van der Waals surface area contributed by atoms with Crippen molar-refractivity contribution in [2.24, 2.45) is 5.73 Å². The van der Waals surface area contributed by atoms with Crippen molar-refractivity contribution in [1.29, 1.82) is 0 Å². The minimum atomic E-state index is -0.397. The summed E-state index contributed by atoms with van der Waals surface area (Å²) in [4.78, 5) is 11.8. The molecule has 112 valence electrons. The van der Waals surface area contributed by atoms with Gasteiger partial charge >= 0.3 is 0 Å². The van der Waals surface area contributed by atoms with Crippen LogP contribution in [0.4, 0.5) is 0 Å². The normalized spacial score (nSPS) is 13.8. The Balaban J connectivity index is 2.30. The molecule has 0 aromatic heterocycles. The standard InChI is InChI=1S/C16H26N2O2/c1-3-4-5-15(17)16(20)18-12(2)6-7-13-8-10-14(19)11-9-13/h8-12,15,19H,3-7,17H2,1-2H3,(H,18,20). The second kappa shape index (κ2) is 8.59. The average Bonchev–Trinajstić information content (AvgIpc) is 2.44. The van der Waals surface area contributed by atoms with Crippen molar-refractivity contribution in [2.45, 2.75) is 58.0 Å². The minimum Gasteiger partial charge on any atom is -0.508 e. The van der Waals surface area contributed by atoms with Gasteiger partial charge in [0, 0.05) is 6.04 Å². The SMILES string of the molecule is CCCCC(N)C(=O)NC(C)CCc1ccc(O)cc1. The highest BCUT2D eigenvalue weighted by Crippen LogP contribution is 2.12. The van der Waals surface area contributed by atoms with Crippen LogP contribution in [0.1, 0.15) is 45.1 Å². The molecule has 2 unspecified atom stereocenters. The Morgan fingerprint density at radius 1 is 1.30 bits per heavy atom. The number of aryl methyl sites for hydroxylation is 1. The molecule has 0 aliphatic rings. The van der Waals surface area contributed by atoms with Crippen LogP contribution in [0.2, 0.25) is 0 Å². The van der Waals surface area contributed by atoms with Crippen LogP contribution in [-0.4, -0.2) is 23.1 Å². The van der Waals surface area contributed by atoms with Gasteiger partial charge in [-0.05, 0) is 43.9 Å². The third-order valence-electron chi connectivity index (χ3n) is 3.40. The molecule has 0 radical (unpaired) electrons. The molecule has 1 aromatic carbocycles. The molecule has 4 heteroatoms. The fourth-order valence-corrected chi connectivity index (χ4v) is 2.02. The van der Waals surface area contributed by atoms with E-state index in [2.05, 4.69) is 12.2 Å². The van der Waals surface area contributed by atoms with Crippen molar-refractivity contribution in [3.05, 3.63) is 29.8 Å². The van der Waals surface area contributed by atoms with Gasteiger partial charge in [0.1, 0.15) is 5.75 Å². The molecule has 0 aliphatic carbocycles. The Morgan fingerprint density at radius 3 is 2.55 bits per heavy atom. The lowest BCUT2D eigenvalue weighted by atomic mass is 10.1. The van der Waals surface area contributed by atoms with E-state index in [0.717, 1.165) is 37.7 Å². The average molecular weight is 278 g/mol. The lowest BCUT2D eigenvalue weighted by Crippen LogP contribution is -2.44. The number of carbonyl (C=O) groups is 1. The van der Waals surface area contributed by atoms with Crippen molar-refractivity contribution in [3.63, 3.8) is 0 Å². The fourth-order valence-electron chi connectivity index (χ4n) is 2.02. The number of rotatable bonds is 8. The van der Waals surface area contributed by atoms with Gasteiger partial charge in [-0.1, -0.05) is 31.9 Å². The minimum absolute atomic E-state index is 0.0587. The summed E-state index contributed by atoms with van der Waals surface area (Å²) < 4.78 is 0. The topological polar surface area (TPSA) is 75.4 Å². The Morgan fingerprint density at radius 2 is 1.95 bits per heavy atom. The summed E-state index contributed by atoms with van der Waals surface area (Å²) in [6, 6.07) is 6.86. The van der Waals surface area contributed by atoms with Crippen molar-refractivity contribution in [1.82, 2.24) is 5.32 Å². The summed E-state index contributed by atoms with van der Waals surface area (Å²) in [7, 11) is 0. The Bertz CT molecular complexity index is 403. The maximum Gasteiger partial charge on any atom is 0.237 e. The number of benzene rings is 1. The molecule has 0 heterocycles. The van der Waals surface area contributed by atoms with E-state index in [-0.39, 0.29) is 17.7 Å². The molecule has 0 bridgehead atoms. The predicted octanol–water partition coefficient (Wildman–Crippen LogP) is 2.35. The maximum absolute atomic E-state index is 11.8. The largest absolute Gasteiger partial charge is 0.508 e. The number of carbonyl (C=O) groups excluding carboxylic acids is 1. The zero-order valence-electron chi connectivity index (χ0n) is 12.4. The summed E-state index contributed by atoms with van der Waals surface area (Å²) in [6.45, 7) is 4.08. The van der Waals surface area contributed by atoms with Crippen molar-refractivity contribution >= 4 is 5.91 Å². The van der Waals surface area contributed by atoms with Crippen LogP contribution >= 0.6 is 0 Å². The van der Waals surface area contributed by atoms with E-state index in [9.17, 15) is 9.90 Å². The lowest BCUT2D eigenvalue weighted by molar-refractivity contribution is -0.123. The first-order valence-electron chi connectivity index (χ1n) is 7.36. The third-order valence-corrected chi connectivity index (χ3v) is 3.40. The van der Waals surface area contributed by atoms with Gasteiger partial charge in [0.2, 0.25) is 5.91 Å². The van der Waals surface area contributed by atoms with E-state index in [0.29, 0.717) is 0 Å². The molecule has 1 rings (SSSR count). The molecule has 20 heavy (non-hydrogen) atoms. The molecule has 1 amide bonds. The molecule has 1 aromatic rings. The fraction of sp³-hybridized carbons (Fsp3) is 0.562. The number of nitrogens with one attached hydrogen (secondary N) is 1. The first-order chi connectivity index (χ1) is 9.52. The number of amides is 1. The van der Waals surface area contributed by atoms with Gasteiger partial charge in [-0.15, -0.1) is 0 Å². The zero-order valence-corrected chi connectivity index (χ0v) is 12.4. The molecule has 2 atom stereocenters. The number of phenols is 1. The molecular weight excluding hydrogens is 252 g/mol. The highest BCUT2D eigenvalue weighted by Gasteiger charge is 2.14. The molecule has 0 spiro atoms. The van der Waals surface area contributed by atoms with Gasteiger partial charge in [-0.2, -0.15) is 0 Å². The van der Waals surface area contributed by atoms with Crippen molar-refractivity contribution in [3.8, 4) is 5.75 Å². The van der Waals surface area contributed by atoms with Crippen LogP contribution in [-0.2, 0) is 11.2 Å². The van der Waals surface area contributed by atoms with E-state index < -0.39 is 6.04 Å². The van der Waals surface area contributed by atoms with Gasteiger partial charge in [-0.25, -0.2) is 0 Å². The smallest absolute Gasteiger partial charge is 0.237 e. The summed E-state index contributed by atoms with van der Waals surface area (Å²) >= 11 is 0. The van der Waals surface area contributed by atoms with Crippen LogP contribution in [0.15, 0.2) is 24.3 Å². The van der Waals surface area contributed by atoms with Crippen LogP contribution in [0.25, 0.3) is 0 Å². The molecule has 4 nitrogen and oxygen atoms in total. The van der Waals surface area contributed by atoms with Gasteiger partial charge < -0.3 is 16.2 Å². The first kappa shape index (κ1) is 16.5. The lowest BCUT2D eigenvalue weighted by Gasteiger charge is -2.17. The van der Waals surface area contributed by atoms with Crippen molar-refractivity contribution in [2.75, 3.05) is 0 Å². The zero-order chi connectivity index (χ0) is 15.0. The number of nitrogens with two attached hydrogens (primary N) is 1. The Hall–Kier alpha value is -1.55. The maximum atomic E-state index is 11.8. The van der Waals surface area contributed by atoms with E-state index in [1.54, 1.807) is 12.1 Å². The van der Waals surface area contributed by atoms with Gasteiger partial charge in [0.15, 0.2) is 0 Å². The monoisotopic (exact) mass is 278 g/mol. The number of phenolic OH excluding ortho intramolecular Hbond substituents is 1. The summed E-state index contributed by atoms with van der Waals surface area (Å²) in [6.07, 6.45) is 4.50. The second-order valence-electron chi connectivity index (χ2n) is 5.36. The Kier molecular flexibility index (Phi) is 7.09. The van der Waals surface area contributed by atoms with Gasteiger partial charge in [0.05, 0.1) is 6.04 Å². The molecule has 0 aliphatic heterocycles. The first-order valence-corrected chi connectivity index (χ1v) is 7.36.